The first-order chi connectivity index (χ1) is 12.0. The van der Waals surface area contributed by atoms with Gasteiger partial charge in [0.25, 0.3) is 5.56 Å². The molecule has 0 amide bonds. The lowest BCUT2D eigenvalue weighted by molar-refractivity contribution is -0.0417. The monoisotopic (exact) mass is 340 g/mol. The van der Waals surface area contributed by atoms with Crippen molar-refractivity contribution in [2.75, 3.05) is 13.1 Å². The van der Waals surface area contributed by atoms with E-state index >= 15 is 0 Å². The van der Waals surface area contributed by atoms with Gasteiger partial charge in [-0.3, -0.25) is 14.1 Å². The molecule has 1 fully saturated rings. The molecule has 8 nitrogen and oxygen atoms in total. The van der Waals surface area contributed by atoms with E-state index in [4.69, 9.17) is 0 Å². The number of aryl methyl sites for hydroxylation is 1. The van der Waals surface area contributed by atoms with Crippen LogP contribution in [0.4, 0.5) is 0 Å². The van der Waals surface area contributed by atoms with Gasteiger partial charge in [0, 0.05) is 25.4 Å². The van der Waals surface area contributed by atoms with Crippen LogP contribution in [0, 0.1) is 6.92 Å². The molecule has 0 bridgehead atoms. The van der Waals surface area contributed by atoms with Gasteiger partial charge < -0.3 is 5.11 Å². The number of hydrogen-bond donors (Lipinski definition) is 2. The van der Waals surface area contributed by atoms with Crippen molar-refractivity contribution in [1.82, 2.24) is 29.7 Å². The molecule has 1 aliphatic heterocycles. The van der Waals surface area contributed by atoms with Crippen molar-refractivity contribution in [3.63, 3.8) is 0 Å². The molecule has 1 atom stereocenters. The highest BCUT2D eigenvalue weighted by atomic mass is 16.3. The third-order valence-corrected chi connectivity index (χ3v) is 4.77. The zero-order chi connectivity index (χ0) is 17.4. The van der Waals surface area contributed by atoms with Gasteiger partial charge in [0.1, 0.15) is 16.9 Å². The van der Waals surface area contributed by atoms with E-state index in [0.29, 0.717) is 36.5 Å². The number of fused-ring (bicyclic) bond motifs is 1. The molecular weight excluding hydrogens is 320 g/mol. The second-order valence-corrected chi connectivity index (χ2v) is 6.67. The van der Waals surface area contributed by atoms with Gasteiger partial charge in [0.15, 0.2) is 0 Å². The maximum atomic E-state index is 12.3. The fourth-order valence-corrected chi connectivity index (χ4v) is 3.51. The van der Waals surface area contributed by atoms with Gasteiger partial charge in [-0.1, -0.05) is 6.07 Å². The second kappa shape index (κ2) is 6.05. The Morgan fingerprint density at radius 1 is 1.44 bits per heavy atom. The summed E-state index contributed by atoms with van der Waals surface area (Å²) in [6.45, 7) is 3.74. The van der Waals surface area contributed by atoms with Gasteiger partial charge in [-0.05, 0) is 37.9 Å². The summed E-state index contributed by atoms with van der Waals surface area (Å²) in [6, 6.07) is 5.35. The lowest BCUT2D eigenvalue weighted by Crippen LogP contribution is -2.46. The summed E-state index contributed by atoms with van der Waals surface area (Å²) in [5, 5.41) is 21.3. The Labute approximate surface area is 144 Å². The van der Waals surface area contributed by atoms with E-state index < -0.39 is 5.60 Å². The van der Waals surface area contributed by atoms with Crippen molar-refractivity contribution in [1.29, 1.82) is 0 Å². The van der Waals surface area contributed by atoms with E-state index in [-0.39, 0.29) is 5.56 Å². The minimum atomic E-state index is -1.02. The lowest BCUT2D eigenvalue weighted by atomic mass is 9.90. The number of H-pyrrole nitrogens is 1. The molecule has 3 aromatic heterocycles. The average Bonchev–Trinajstić information content (AvgIpc) is 3.12. The Kier molecular flexibility index (Phi) is 3.85. The van der Waals surface area contributed by atoms with Gasteiger partial charge >= 0.3 is 0 Å². The number of rotatable bonds is 3. The molecule has 130 valence electrons. The summed E-state index contributed by atoms with van der Waals surface area (Å²) in [4.78, 5) is 19.1. The molecule has 1 aliphatic rings. The molecule has 1 saturated heterocycles. The Morgan fingerprint density at radius 2 is 2.32 bits per heavy atom. The topological polar surface area (TPSA) is 99.4 Å². The molecule has 2 N–H and O–H groups in total. The van der Waals surface area contributed by atoms with Gasteiger partial charge in [-0.25, -0.2) is 4.98 Å². The van der Waals surface area contributed by atoms with Crippen molar-refractivity contribution < 1.29 is 5.11 Å². The maximum absolute atomic E-state index is 12.3. The normalized spacial score (nSPS) is 21.7. The number of β-amino-alcohol motifs (C(OH)–C–C–N with tert-alkyl or cyclic N) is 1. The number of pyridine rings is 1. The van der Waals surface area contributed by atoms with E-state index in [1.807, 2.05) is 19.1 Å². The molecule has 0 aromatic carbocycles. The zero-order valence-electron chi connectivity index (χ0n) is 14.0. The number of aromatic amines is 1. The summed E-state index contributed by atoms with van der Waals surface area (Å²) in [6.07, 6.45) is 4.77. The van der Waals surface area contributed by atoms with E-state index in [2.05, 4.69) is 25.3 Å². The molecule has 0 radical (unpaired) electrons. The summed E-state index contributed by atoms with van der Waals surface area (Å²) < 4.78 is 1.56. The van der Waals surface area contributed by atoms with Crippen LogP contribution in [0.3, 0.4) is 0 Å². The fraction of sp³-hybridized carbons (Fsp3) is 0.412. The lowest BCUT2D eigenvalue weighted by Gasteiger charge is -2.37. The Bertz CT molecular complexity index is 951. The molecule has 0 aliphatic carbocycles. The Morgan fingerprint density at radius 3 is 3.12 bits per heavy atom. The largest absolute Gasteiger partial charge is 0.382 e. The van der Waals surface area contributed by atoms with Crippen LogP contribution in [0.15, 0.2) is 35.4 Å². The van der Waals surface area contributed by atoms with E-state index in [1.165, 1.54) is 0 Å². The maximum Gasteiger partial charge on any atom is 0.258 e. The number of likely N-dealkylation sites (tertiary alicyclic amines) is 1. The number of nitrogens with zero attached hydrogens (tertiary/aromatic N) is 5. The SMILES string of the molecule is Cc1cccn2c(=O)cc(CN3CCC[C@](O)(c4cn[nH]n4)C3)nc12. The van der Waals surface area contributed by atoms with E-state index in [1.54, 1.807) is 22.9 Å². The molecule has 4 heterocycles. The van der Waals surface area contributed by atoms with Crippen molar-refractivity contribution >= 4 is 5.65 Å². The highest BCUT2D eigenvalue weighted by molar-refractivity contribution is 5.46. The standard InChI is InChI=1S/C17H20N6O2/c1-12-4-2-7-23-15(24)8-13(19-16(12)23)10-22-6-3-5-17(25,11-22)14-9-18-21-20-14/h2,4,7-9,25H,3,5-6,10-11H2,1H3,(H,18,20,21)/t17-/m1/s1. The van der Waals surface area contributed by atoms with Gasteiger partial charge in [-0.2, -0.15) is 15.4 Å². The molecule has 0 saturated carbocycles. The third-order valence-electron chi connectivity index (χ3n) is 4.77. The number of hydrogen-bond acceptors (Lipinski definition) is 6. The minimum Gasteiger partial charge on any atom is -0.382 e. The van der Waals surface area contributed by atoms with Gasteiger partial charge in [0.2, 0.25) is 0 Å². The second-order valence-electron chi connectivity index (χ2n) is 6.67. The highest BCUT2D eigenvalue weighted by Crippen LogP contribution is 2.30. The van der Waals surface area contributed by atoms with Crippen LogP contribution >= 0.6 is 0 Å². The van der Waals surface area contributed by atoms with E-state index in [0.717, 1.165) is 18.5 Å². The van der Waals surface area contributed by atoms with Crippen LogP contribution in [0.25, 0.3) is 5.65 Å². The minimum absolute atomic E-state index is 0.0903. The zero-order valence-corrected chi connectivity index (χ0v) is 14.0. The van der Waals surface area contributed by atoms with Crippen LogP contribution in [0.2, 0.25) is 0 Å². The molecule has 0 spiro atoms. The fourth-order valence-electron chi connectivity index (χ4n) is 3.51. The quantitative estimate of drug-likeness (QED) is 0.724. The summed E-state index contributed by atoms with van der Waals surface area (Å²) >= 11 is 0. The van der Waals surface area contributed by atoms with Crippen molar-refractivity contribution in [3.8, 4) is 0 Å². The van der Waals surface area contributed by atoms with Gasteiger partial charge in [-0.15, -0.1) is 0 Å². The Balaban J connectivity index is 1.61. The van der Waals surface area contributed by atoms with Crippen molar-refractivity contribution in [3.05, 3.63) is 57.9 Å². The van der Waals surface area contributed by atoms with Crippen LogP contribution in [0.5, 0.6) is 0 Å². The smallest absolute Gasteiger partial charge is 0.258 e. The van der Waals surface area contributed by atoms with Crippen molar-refractivity contribution in [2.24, 2.45) is 0 Å². The molecule has 0 unspecified atom stereocenters. The number of aliphatic hydroxyl groups is 1. The first kappa shape index (κ1) is 15.9. The number of aromatic nitrogens is 5. The molecule has 25 heavy (non-hydrogen) atoms. The van der Waals surface area contributed by atoms with Crippen LogP contribution in [-0.4, -0.2) is 47.9 Å². The van der Waals surface area contributed by atoms with E-state index in [9.17, 15) is 9.90 Å². The molecule has 4 rings (SSSR count). The first-order valence-corrected chi connectivity index (χ1v) is 8.34. The summed E-state index contributed by atoms with van der Waals surface area (Å²) in [5.41, 5.74) is 1.79. The Hall–Kier alpha value is -2.58. The highest BCUT2D eigenvalue weighted by Gasteiger charge is 2.37. The van der Waals surface area contributed by atoms with Crippen molar-refractivity contribution in [2.45, 2.75) is 31.9 Å². The first-order valence-electron chi connectivity index (χ1n) is 8.34. The summed E-state index contributed by atoms with van der Waals surface area (Å²) in [7, 11) is 0. The predicted octanol–water partition coefficient (Wildman–Crippen LogP) is 0.605. The van der Waals surface area contributed by atoms with Crippen LogP contribution < -0.4 is 5.56 Å². The summed E-state index contributed by atoms with van der Waals surface area (Å²) in [5.74, 6) is 0. The molecule has 3 aromatic rings. The third kappa shape index (κ3) is 2.94. The van der Waals surface area contributed by atoms with Crippen LogP contribution in [0.1, 0.15) is 29.8 Å². The predicted molar refractivity (Wildman–Crippen MR) is 91.0 cm³/mol. The number of nitrogens with one attached hydrogen (secondary N) is 1. The molecule has 8 heteroatoms. The van der Waals surface area contributed by atoms with Crippen LogP contribution in [-0.2, 0) is 12.1 Å². The average molecular weight is 340 g/mol. The number of piperidine rings is 1. The van der Waals surface area contributed by atoms with Gasteiger partial charge in [0.05, 0.1) is 11.9 Å². The molecular formula is C17H20N6O2.